The predicted molar refractivity (Wildman–Crippen MR) is 146 cm³/mol. The van der Waals surface area contributed by atoms with Crippen LogP contribution in [0.2, 0.25) is 0 Å². The first-order chi connectivity index (χ1) is 17.4. The number of carbonyl (C=O) groups is 2. The average Bonchev–Trinajstić information content (AvgIpc) is 2.88. The Balaban J connectivity index is 1.28. The minimum atomic E-state index is -0.994. The summed E-state index contributed by atoms with van der Waals surface area (Å²) in [7, 11) is 0. The first kappa shape index (κ1) is 24.2. The summed E-state index contributed by atoms with van der Waals surface area (Å²) in [6.45, 7) is 0. The Kier molecular flexibility index (Phi) is 7.67. The van der Waals surface area contributed by atoms with Crippen molar-refractivity contribution in [2.24, 2.45) is 0 Å². The molecular weight excluding hydrogens is 454 g/mol. The van der Waals surface area contributed by atoms with Crippen molar-refractivity contribution >= 4 is 57.4 Å². The van der Waals surface area contributed by atoms with Crippen LogP contribution in [0, 0.1) is 0 Å². The number of hydrogen-bond donors (Lipinski definition) is 6. The molecule has 4 rings (SSSR count). The molecule has 1 amide bonds. The molecule has 0 heterocycles. The van der Waals surface area contributed by atoms with Gasteiger partial charge in [-0.05, 0) is 97.1 Å². The van der Waals surface area contributed by atoms with Crippen LogP contribution in [0.5, 0.6) is 0 Å². The number of carboxylic acids is 1. The van der Waals surface area contributed by atoms with E-state index in [1.54, 1.807) is 12.1 Å². The molecule has 0 fully saturated rings. The predicted octanol–water partition coefficient (Wildman–Crippen LogP) is 6.30. The summed E-state index contributed by atoms with van der Waals surface area (Å²) < 4.78 is 0. The molecule has 182 valence electrons. The third kappa shape index (κ3) is 7.26. The van der Waals surface area contributed by atoms with Crippen LogP contribution in [0.15, 0.2) is 97.1 Å². The normalized spacial score (nSPS) is 10.3. The maximum absolute atomic E-state index is 11.8. The van der Waals surface area contributed by atoms with E-state index in [1.807, 2.05) is 84.9 Å². The van der Waals surface area contributed by atoms with Gasteiger partial charge in [0, 0.05) is 51.9 Å². The molecule has 4 aromatic carbocycles. The van der Waals surface area contributed by atoms with Gasteiger partial charge < -0.3 is 32.1 Å². The van der Waals surface area contributed by atoms with Gasteiger partial charge in [-0.3, -0.25) is 9.59 Å². The van der Waals surface area contributed by atoms with E-state index in [4.69, 9.17) is 10.8 Å². The van der Waals surface area contributed by atoms with Gasteiger partial charge in [0.2, 0.25) is 5.91 Å². The van der Waals surface area contributed by atoms with E-state index in [9.17, 15) is 9.59 Å². The summed E-state index contributed by atoms with van der Waals surface area (Å²) in [6.07, 6.45) is -0.246. The van der Waals surface area contributed by atoms with Gasteiger partial charge >= 0.3 is 5.97 Å². The third-order valence-corrected chi connectivity index (χ3v) is 5.28. The molecule has 4 aromatic rings. The van der Waals surface area contributed by atoms with Crippen molar-refractivity contribution in [3.05, 3.63) is 97.1 Å². The fourth-order valence-corrected chi connectivity index (χ4v) is 3.42. The number of nitrogen functional groups attached to an aromatic ring is 1. The minimum Gasteiger partial charge on any atom is -0.481 e. The molecule has 0 saturated heterocycles. The topological polar surface area (TPSA) is 129 Å². The zero-order valence-corrected chi connectivity index (χ0v) is 19.5. The van der Waals surface area contributed by atoms with Crippen molar-refractivity contribution in [2.75, 3.05) is 27.0 Å². The lowest BCUT2D eigenvalue weighted by Gasteiger charge is -2.11. The molecule has 0 bridgehead atoms. The summed E-state index contributed by atoms with van der Waals surface area (Å²) in [6, 6.07) is 30.8. The number of amides is 1. The van der Waals surface area contributed by atoms with Crippen LogP contribution in [0.1, 0.15) is 12.8 Å². The Morgan fingerprint density at radius 3 is 1.17 bits per heavy atom. The van der Waals surface area contributed by atoms with Crippen LogP contribution < -0.4 is 27.0 Å². The molecule has 8 nitrogen and oxygen atoms in total. The second-order valence-electron chi connectivity index (χ2n) is 8.17. The Morgan fingerprint density at radius 2 is 0.833 bits per heavy atom. The number of hydrogen-bond acceptors (Lipinski definition) is 6. The Bertz CT molecular complexity index is 1300. The fourth-order valence-electron chi connectivity index (χ4n) is 3.42. The Morgan fingerprint density at radius 1 is 0.528 bits per heavy atom. The Labute approximate surface area is 209 Å². The van der Waals surface area contributed by atoms with Gasteiger partial charge in [0.1, 0.15) is 0 Å². The number of carboxylic acid groups (broad SMARTS) is 1. The van der Waals surface area contributed by atoms with Gasteiger partial charge in [-0.2, -0.15) is 0 Å². The standard InChI is InChI=1S/C28H27N5O3/c29-19-1-3-20(4-2-19)30-21-5-7-22(8-6-21)31-23-9-11-24(12-10-23)32-25-13-15-26(16-14-25)33-27(34)17-18-28(35)36/h1-16,30-32H,17-18,29H2,(H,33,34)(H,35,36). The quantitative estimate of drug-likeness (QED) is 0.147. The molecule has 0 aliphatic rings. The number of benzene rings is 4. The molecule has 36 heavy (non-hydrogen) atoms. The minimum absolute atomic E-state index is 0.0552. The lowest BCUT2D eigenvalue weighted by molar-refractivity contribution is -0.138. The van der Waals surface area contributed by atoms with Crippen LogP contribution >= 0.6 is 0 Å². The summed E-state index contributed by atoms with van der Waals surface area (Å²) in [5.74, 6) is -1.32. The molecule has 7 N–H and O–H groups in total. The number of anilines is 8. The summed E-state index contributed by atoms with van der Waals surface area (Å²) in [5, 5.41) is 21.4. The van der Waals surface area contributed by atoms with Gasteiger partial charge in [-0.25, -0.2) is 0 Å². The average molecular weight is 482 g/mol. The van der Waals surface area contributed by atoms with Gasteiger partial charge in [0.15, 0.2) is 0 Å². The monoisotopic (exact) mass is 481 g/mol. The van der Waals surface area contributed by atoms with Crippen molar-refractivity contribution in [3.63, 3.8) is 0 Å². The van der Waals surface area contributed by atoms with Crippen molar-refractivity contribution in [1.29, 1.82) is 0 Å². The molecule has 0 saturated carbocycles. The van der Waals surface area contributed by atoms with Gasteiger partial charge in [-0.15, -0.1) is 0 Å². The highest BCUT2D eigenvalue weighted by Gasteiger charge is 2.06. The number of aliphatic carboxylic acids is 1. The van der Waals surface area contributed by atoms with E-state index in [2.05, 4.69) is 21.3 Å². The van der Waals surface area contributed by atoms with E-state index in [0.29, 0.717) is 5.69 Å². The molecule has 0 aromatic heterocycles. The van der Waals surface area contributed by atoms with Crippen molar-refractivity contribution in [3.8, 4) is 0 Å². The van der Waals surface area contributed by atoms with Crippen molar-refractivity contribution in [2.45, 2.75) is 12.8 Å². The second-order valence-corrected chi connectivity index (χ2v) is 8.17. The number of carbonyl (C=O) groups excluding carboxylic acids is 1. The van der Waals surface area contributed by atoms with Gasteiger partial charge in [0.25, 0.3) is 0 Å². The maximum Gasteiger partial charge on any atom is 0.303 e. The molecule has 0 unspecified atom stereocenters. The van der Waals surface area contributed by atoms with Crippen LogP contribution in [0.25, 0.3) is 0 Å². The first-order valence-electron chi connectivity index (χ1n) is 11.4. The molecule has 0 spiro atoms. The maximum atomic E-state index is 11.8. The highest BCUT2D eigenvalue weighted by Crippen LogP contribution is 2.25. The summed E-state index contributed by atoms with van der Waals surface area (Å²) >= 11 is 0. The van der Waals surface area contributed by atoms with E-state index in [-0.39, 0.29) is 18.7 Å². The van der Waals surface area contributed by atoms with Crippen LogP contribution in [0.3, 0.4) is 0 Å². The number of rotatable bonds is 10. The van der Waals surface area contributed by atoms with E-state index in [1.165, 1.54) is 0 Å². The summed E-state index contributed by atoms with van der Waals surface area (Å²) in [4.78, 5) is 22.3. The largest absolute Gasteiger partial charge is 0.481 e. The molecular formula is C28H27N5O3. The van der Waals surface area contributed by atoms with E-state index < -0.39 is 5.97 Å². The summed E-state index contributed by atoms with van der Waals surface area (Å²) in [5.41, 5.74) is 12.7. The zero-order valence-electron chi connectivity index (χ0n) is 19.5. The SMILES string of the molecule is Nc1ccc(Nc2ccc(Nc3ccc(Nc4ccc(NC(=O)CCC(=O)O)cc4)cc3)cc2)cc1. The Hall–Kier alpha value is -4.98. The van der Waals surface area contributed by atoms with Crippen LogP contribution in [-0.2, 0) is 9.59 Å². The van der Waals surface area contributed by atoms with Crippen LogP contribution in [0.4, 0.5) is 45.5 Å². The van der Waals surface area contributed by atoms with E-state index in [0.717, 1.165) is 39.8 Å². The number of nitrogens with one attached hydrogen (secondary N) is 4. The number of nitrogens with two attached hydrogens (primary N) is 1. The van der Waals surface area contributed by atoms with Crippen molar-refractivity contribution in [1.82, 2.24) is 0 Å². The van der Waals surface area contributed by atoms with Crippen LogP contribution in [-0.4, -0.2) is 17.0 Å². The highest BCUT2D eigenvalue weighted by molar-refractivity contribution is 5.92. The lowest BCUT2D eigenvalue weighted by Crippen LogP contribution is -2.13. The van der Waals surface area contributed by atoms with E-state index >= 15 is 0 Å². The smallest absolute Gasteiger partial charge is 0.303 e. The first-order valence-corrected chi connectivity index (χ1v) is 11.4. The zero-order chi connectivity index (χ0) is 25.3. The molecule has 8 heteroatoms. The van der Waals surface area contributed by atoms with Gasteiger partial charge in [0.05, 0.1) is 6.42 Å². The van der Waals surface area contributed by atoms with Crippen molar-refractivity contribution < 1.29 is 14.7 Å². The molecule has 0 aliphatic carbocycles. The second kappa shape index (κ2) is 11.4. The fraction of sp³-hybridized carbons (Fsp3) is 0.0714. The lowest BCUT2D eigenvalue weighted by atomic mass is 10.2. The van der Waals surface area contributed by atoms with Gasteiger partial charge in [-0.1, -0.05) is 0 Å². The molecule has 0 radical (unpaired) electrons. The third-order valence-electron chi connectivity index (χ3n) is 5.28. The highest BCUT2D eigenvalue weighted by atomic mass is 16.4. The molecule has 0 aliphatic heterocycles. The molecule has 0 atom stereocenters.